The number of aromatic nitrogens is 2. The molecule has 1 aromatic heterocycles. The summed E-state index contributed by atoms with van der Waals surface area (Å²) in [6.45, 7) is 0. The van der Waals surface area contributed by atoms with Gasteiger partial charge in [-0.25, -0.2) is 4.39 Å². The minimum Gasteiger partial charge on any atom is -0.374 e. The zero-order chi connectivity index (χ0) is 10.8. The Balaban J connectivity index is 2.28. The molecular formula is C9H7BrFN3S. The summed E-state index contributed by atoms with van der Waals surface area (Å²) in [6, 6.07) is 4.91. The minimum atomic E-state index is -0.273. The lowest BCUT2D eigenvalue weighted by molar-refractivity contribution is 0.619. The summed E-state index contributed by atoms with van der Waals surface area (Å²) in [5.41, 5.74) is 6.30. The number of rotatable bonds is 2. The molecule has 2 rings (SSSR count). The lowest BCUT2D eigenvalue weighted by atomic mass is 10.1. The molecule has 2 aromatic rings. The summed E-state index contributed by atoms with van der Waals surface area (Å²) in [4.78, 5) is 0. The van der Waals surface area contributed by atoms with Crippen molar-refractivity contribution in [3.05, 3.63) is 39.1 Å². The van der Waals surface area contributed by atoms with Crippen LogP contribution in [0.15, 0.2) is 22.7 Å². The van der Waals surface area contributed by atoms with Gasteiger partial charge in [0.25, 0.3) is 0 Å². The fourth-order valence-electron chi connectivity index (χ4n) is 1.19. The minimum absolute atomic E-state index is 0.273. The standard InChI is InChI=1S/C9H7BrFN3S/c10-8-5(2-1-3-6(8)11)4-7-13-14-9(12)15-7/h1-3H,4H2,(H2,12,14). The fourth-order valence-corrected chi connectivity index (χ4v) is 2.22. The molecule has 1 aromatic carbocycles. The molecule has 0 aliphatic heterocycles. The zero-order valence-electron chi connectivity index (χ0n) is 7.58. The normalized spacial score (nSPS) is 10.5. The van der Waals surface area contributed by atoms with Gasteiger partial charge in [-0.05, 0) is 27.6 Å². The van der Waals surface area contributed by atoms with Crippen LogP contribution in [0.5, 0.6) is 0 Å². The maximum Gasteiger partial charge on any atom is 0.203 e. The number of nitrogen functional groups attached to an aromatic ring is 1. The summed E-state index contributed by atoms with van der Waals surface area (Å²) in [5.74, 6) is -0.273. The Hall–Kier alpha value is -1.01. The van der Waals surface area contributed by atoms with Crippen LogP contribution in [0, 0.1) is 5.82 Å². The van der Waals surface area contributed by atoms with Gasteiger partial charge in [-0.3, -0.25) is 0 Å². The van der Waals surface area contributed by atoms with Crippen LogP contribution in [-0.2, 0) is 6.42 Å². The van der Waals surface area contributed by atoms with Crippen LogP contribution >= 0.6 is 27.3 Å². The number of benzene rings is 1. The van der Waals surface area contributed by atoms with Crippen molar-refractivity contribution in [3.8, 4) is 0 Å². The van der Waals surface area contributed by atoms with Crippen molar-refractivity contribution < 1.29 is 4.39 Å². The van der Waals surface area contributed by atoms with Crippen molar-refractivity contribution >= 4 is 32.4 Å². The first-order chi connectivity index (χ1) is 7.16. The molecule has 3 nitrogen and oxygen atoms in total. The summed E-state index contributed by atoms with van der Waals surface area (Å²) >= 11 is 4.50. The second-order valence-corrected chi connectivity index (χ2v) is 4.81. The van der Waals surface area contributed by atoms with E-state index in [1.54, 1.807) is 6.07 Å². The molecule has 0 spiro atoms. The van der Waals surface area contributed by atoms with Gasteiger partial charge in [-0.1, -0.05) is 23.5 Å². The molecule has 0 atom stereocenters. The zero-order valence-corrected chi connectivity index (χ0v) is 9.98. The molecular weight excluding hydrogens is 281 g/mol. The Morgan fingerprint density at radius 1 is 1.40 bits per heavy atom. The van der Waals surface area contributed by atoms with Crippen LogP contribution in [0.1, 0.15) is 10.6 Å². The summed E-state index contributed by atoms with van der Waals surface area (Å²) in [6.07, 6.45) is 0.535. The van der Waals surface area contributed by atoms with E-state index in [9.17, 15) is 4.39 Å². The third kappa shape index (κ3) is 2.32. The van der Waals surface area contributed by atoms with Crippen molar-refractivity contribution in [2.75, 3.05) is 5.73 Å². The van der Waals surface area contributed by atoms with E-state index in [2.05, 4.69) is 26.1 Å². The van der Waals surface area contributed by atoms with Crippen LogP contribution in [0.2, 0.25) is 0 Å². The average Bonchev–Trinajstić information content (AvgIpc) is 2.59. The van der Waals surface area contributed by atoms with E-state index < -0.39 is 0 Å². The van der Waals surface area contributed by atoms with E-state index in [0.717, 1.165) is 10.6 Å². The number of halogens is 2. The van der Waals surface area contributed by atoms with Crippen LogP contribution < -0.4 is 5.73 Å². The number of nitrogens with two attached hydrogens (primary N) is 1. The molecule has 0 bridgehead atoms. The third-order valence-corrected chi connectivity index (χ3v) is 3.50. The van der Waals surface area contributed by atoms with E-state index in [1.165, 1.54) is 17.4 Å². The van der Waals surface area contributed by atoms with Gasteiger partial charge in [0.1, 0.15) is 10.8 Å². The predicted molar refractivity (Wildman–Crippen MR) is 61.2 cm³/mol. The molecule has 0 aliphatic rings. The highest BCUT2D eigenvalue weighted by atomic mass is 79.9. The van der Waals surface area contributed by atoms with Gasteiger partial charge in [0.15, 0.2) is 0 Å². The lowest BCUT2D eigenvalue weighted by Crippen LogP contribution is -1.91. The summed E-state index contributed by atoms with van der Waals surface area (Å²) in [7, 11) is 0. The van der Waals surface area contributed by atoms with E-state index >= 15 is 0 Å². The molecule has 78 valence electrons. The molecule has 0 amide bonds. The molecule has 6 heteroatoms. The molecule has 0 unspecified atom stereocenters. The Kier molecular flexibility index (Phi) is 2.97. The van der Waals surface area contributed by atoms with Crippen LogP contribution in [0.25, 0.3) is 0 Å². The predicted octanol–water partition coefficient (Wildman–Crippen LogP) is 2.61. The van der Waals surface area contributed by atoms with E-state index in [-0.39, 0.29) is 5.82 Å². The third-order valence-electron chi connectivity index (χ3n) is 1.86. The summed E-state index contributed by atoms with van der Waals surface area (Å²) < 4.78 is 13.7. The Labute approximate surface area is 98.3 Å². The number of hydrogen-bond donors (Lipinski definition) is 1. The first-order valence-corrected chi connectivity index (χ1v) is 5.78. The molecule has 0 aliphatic carbocycles. The number of anilines is 1. The highest BCUT2D eigenvalue weighted by Crippen LogP contribution is 2.24. The monoisotopic (exact) mass is 287 g/mol. The number of hydrogen-bond acceptors (Lipinski definition) is 4. The van der Waals surface area contributed by atoms with Gasteiger partial charge >= 0.3 is 0 Å². The quantitative estimate of drug-likeness (QED) is 0.924. The van der Waals surface area contributed by atoms with Gasteiger partial charge in [0.2, 0.25) is 5.13 Å². The van der Waals surface area contributed by atoms with Gasteiger partial charge in [0.05, 0.1) is 4.47 Å². The molecule has 15 heavy (non-hydrogen) atoms. The van der Waals surface area contributed by atoms with E-state index in [4.69, 9.17) is 5.73 Å². The van der Waals surface area contributed by atoms with E-state index in [0.29, 0.717) is 16.0 Å². The summed E-state index contributed by atoms with van der Waals surface area (Å²) in [5, 5.41) is 8.79. The molecule has 2 N–H and O–H groups in total. The second-order valence-electron chi connectivity index (χ2n) is 2.92. The van der Waals surface area contributed by atoms with Crippen molar-refractivity contribution in [3.63, 3.8) is 0 Å². The molecule has 0 radical (unpaired) electrons. The maximum absolute atomic E-state index is 13.2. The van der Waals surface area contributed by atoms with E-state index in [1.807, 2.05) is 6.07 Å². The highest BCUT2D eigenvalue weighted by molar-refractivity contribution is 9.10. The first kappa shape index (κ1) is 10.5. The first-order valence-electron chi connectivity index (χ1n) is 4.17. The van der Waals surface area contributed by atoms with Crippen LogP contribution in [0.4, 0.5) is 9.52 Å². The van der Waals surface area contributed by atoms with Crippen molar-refractivity contribution in [1.82, 2.24) is 10.2 Å². The molecule has 0 saturated heterocycles. The van der Waals surface area contributed by atoms with Crippen LogP contribution in [-0.4, -0.2) is 10.2 Å². The van der Waals surface area contributed by atoms with Crippen molar-refractivity contribution in [2.45, 2.75) is 6.42 Å². The number of nitrogens with zero attached hydrogens (tertiary/aromatic N) is 2. The van der Waals surface area contributed by atoms with Crippen molar-refractivity contribution in [2.24, 2.45) is 0 Å². The molecule has 1 heterocycles. The van der Waals surface area contributed by atoms with Crippen molar-refractivity contribution in [1.29, 1.82) is 0 Å². The Bertz CT molecular complexity index is 486. The van der Waals surface area contributed by atoms with Gasteiger partial charge < -0.3 is 5.73 Å². The maximum atomic E-state index is 13.2. The lowest BCUT2D eigenvalue weighted by Gasteiger charge is -2.01. The molecule has 0 saturated carbocycles. The average molecular weight is 288 g/mol. The Morgan fingerprint density at radius 2 is 2.20 bits per heavy atom. The fraction of sp³-hybridized carbons (Fsp3) is 0.111. The second kappa shape index (κ2) is 4.24. The van der Waals surface area contributed by atoms with Gasteiger partial charge in [0, 0.05) is 6.42 Å². The van der Waals surface area contributed by atoms with Crippen LogP contribution in [0.3, 0.4) is 0 Å². The van der Waals surface area contributed by atoms with Gasteiger partial charge in [-0.2, -0.15) is 0 Å². The Morgan fingerprint density at radius 3 is 2.87 bits per heavy atom. The van der Waals surface area contributed by atoms with Gasteiger partial charge in [-0.15, -0.1) is 10.2 Å². The largest absolute Gasteiger partial charge is 0.374 e. The highest BCUT2D eigenvalue weighted by Gasteiger charge is 2.08. The molecule has 0 fully saturated rings. The topological polar surface area (TPSA) is 51.8 Å². The smallest absolute Gasteiger partial charge is 0.203 e. The SMILES string of the molecule is Nc1nnc(Cc2cccc(F)c2Br)s1.